The minimum atomic E-state index is -0.273. The largest absolute Gasteiger partial charge is 0.351 e. The van der Waals surface area contributed by atoms with E-state index in [0.29, 0.717) is 10.8 Å². The van der Waals surface area contributed by atoms with Gasteiger partial charge in [0.2, 0.25) is 0 Å². The van der Waals surface area contributed by atoms with Gasteiger partial charge >= 0.3 is 0 Å². The summed E-state index contributed by atoms with van der Waals surface area (Å²) in [5.74, 6) is -0.273. The van der Waals surface area contributed by atoms with Crippen molar-refractivity contribution >= 4 is 23.0 Å². The number of anilines is 1. The molecule has 5 rings (SSSR count). The molecule has 4 nitrogen and oxygen atoms in total. The molecule has 2 atom stereocenters. The average molecular weight is 429 g/mol. The Labute approximate surface area is 186 Å². The molecule has 1 fully saturated rings. The fourth-order valence-electron chi connectivity index (χ4n) is 4.14. The Balaban J connectivity index is 1.68. The van der Waals surface area contributed by atoms with Gasteiger partial charge in [-0.2, -0.15) is 0 Å². The number of pyridine rings is 1. The number of aryl methyl sites for hydroxylation is 1. The second-order valence-electron chi connectivity index (χ2n) is 7.59. The number of thiocarbonyl (C=S) groups is 1. The van der Waals surface area contributed by atoms with E-state index < -0.39 is 0 Å². The number of rotatable bonds is 4. The van der Waals surface area contributed by atoms with Crippen molar-refractivity contribution in [3.8, 4) is 5.69 Å². The molecule has 0 spiro atoms. The summed E-state index contributed by atoms with van der Waals surface area (Å²) in [6, 6.07) is 24.5. The van der Waals surface area contributed by atoms with E-state index >= 15 is 0 Å². The third kappa shape index (κ3) is 3.49. The molecule has 6 heteroatoms. The zero-order valence-corrected chi connectivity index (χ0v) is 17.8. The Hall–Kier alpha value is -3.51. The normalized spacial score (nSPS) is 18.3. The van der Waals surface area contributed by atoms with Gasteiger partial charge in [0.25, 0.3) is 0 Å². The van der Waals surface area contributed by atoms with Gasteiger partial charge in [-0.15, -0.1) is 0 Å². The number of nitrogens with zero attached hydrogens (tertiary/aromatic N) is 3. The number of hydrogen-bond donors (Lipinski definition) is 1. The quantitative estimate of drug-likeness (QED) is 0.435. The second-order valence-corrected chi connectivity index (χ2v) is 7.97. The molecule has 0 bridgehead atoms. The summed E-state index contributed by atoms with van der Waals surface area (Å²) in [4.78, 5) is 6.68. The van der Waals surface area contributed by atoms with E-state index in [0.717, 1.165) is 17.1 Å². The zero-order valence-electron chi connectivity index (χ0n) is 16.9. The standard InChI is InChI=1S/C25H21FN4S/c1-17-11-13-18(14-12-17)30-24(23(28-25(30)31)20-8-4-5-15-27-20)22-10-6-16-29(22)21-9-3-2-7-19(21)26/h2-16,23-24H,1H3,(H,28,31). The van der Waals surface area contributed by atoms with Gasteiger partial charge < -0.3 is 14.8 Å². The summed E-state index contributed by atoms with van der Waals surface area (Å²) in [6.07, 6.45) is 3.67. The molecule has 3 heterocycles. The van der Waals surface area contributed by atoms with Crippen molar-refractivity contribution in [2.75, 3.05) is 4.90 Å². The van der Waals surface area contributed by atoms with Crippen LogP contribution in [-0.4, -0.2) is 14.7 Å². The Morgan fingerprint density at radius 3 is 2.45 bits per heavy atom. The molecule has 1 aliphatic rings. The highest BCUT2D eigenvalue weighted by Gasteiger charge is 2.42. The van der Waals surface area contributed by atoms with Crippen LogP contribution in [0.3, 0.4) is 0 Å². The van der Waals surface area contributed by atoms with Gasteiger partial charge in [0.05, 0.1) is 17.4 Å². The van der Waals surface area contributed by atoms with Crippen LogP contribution < -0.4 is 10.2 Å². The van der Waals surface area contributed by atoms with Gasteiger partial charge in [0, 0.05) is 23.8 Å². The fourth-order valence-corrected chi connectivity index (χ4v) is 4.49. The molecule has 0 saturated carbocycles. The molecule has 0 radical (unpaired) electrons. The summed E-state index contributed by atoms with van der Waals surface area (Å²) < 4.78 is 16.6. The van der Waals surface area contributed by atoms with Crippen molar-refractivity contribution in [3.63, 3.8) is 0 Å². The molecule has 2 unspecified atom stereocenters. The first kappa shape index (κ1) is 19.5. The number of aromatic nitrogens is 2. The van der Waals surface area contributed by atoms with Gasteiger partial charge in [-0.3, -0.25) is 4.98 Å². The van der Waals surface area contributed by atoms with E-state index in [-0.39, 0.29) is 17.9 Å². The van der Waals surface area contributed by atoms with Crippen molar-refractivity contribution in [1.82, 2.24) is 14.9 Å². The van der Waals surface area contributed by atoms with E-state index in [9.17, 15) is 4.39 Å². The van der Waals surface area contributed by atoms with Gasteiger partial charge in [-0.25, -0.2) is 4.39 Å². The topological polar surface area (TPSA) is 33.1 Å². The minimum Gasteiger partial charge on any atom is -0.351 e. The van der Waals surface area contributed by atoms with Crippen molar-refractivity contribution in [2.45, 2.75) is 19.0 Å². The average Bonchev–Trinajstić information content (AvgIpc) is 3.39. The highest BCUT2D eigenvalue weighted by atomic mass is 32.1. The van der Waals surface area contributed by atoms with Gasteiger partial charge in [0.1, 0.15) is 11.9 Å². The summed E-state index contributed by atoms with van der Waals surface area (Å²) >= 11 is 5.77. The first-order chi connectivity index (χ1) is 15.1. The van der Waals surface area contributed by atoms with E-state index in [1.54, 1.807) is 18.3 Å². The first-order valence-corrected chi connectivity index (χ1v) is 10.5. The van der Waals surface area contributed by atoms with Crippen molar-refractivity contribution in [3.05, 3.63) is 114 Å². The number of hydrogen-bond acceptors (Lipinski definition) is 2. The van der Waals surface area contributed by atoms with E-state index in [2.05, 4.69) is 46.4 Å². The predicted molar refractivity (Wildman–Crippen MR) is 125 cm³/mol. The van der Waals surface area contributed by atoms with Gasteiger partial charge in [-0.1, -0.05) is 35.9 Å². The molecular weight excluding hydrogens is 407 g/mol. The van der Waals surface area contributed by atoms with E-state index in [4.69, 9.17) is 12.2 Å². The third-order valence-corrected chi connectivity index (χ3v) is 5.92. The second kappa shape index (κ2) is 7.96. The molecule has 1 saturated heterocycles. The third-order valence-electron chi connectivity index (χ3n) is 5.61. The van der Waals surface area contributed by atoms with Crippen LogP contribution in [0.4, 0.5) is 10.1 Å². The van der Waals surface area contributed by atoms with Crippen molar-refractivity contribution in [1.29, 1.82) is 0 Å². The Bertz CT molecular complexity index is 1220. The van der Waals surface area contributed by atoms with Crippen LogP contribution >= 0.6 is 12.2 Å². The highest BCUT2D eigenvalue weighted by molar-refractivity contribution is 7.80. The van der Waals surface area contributed by atoms with E-state index in [1.165, 1.54) is 11.6 Å². The molecule has 1 aliphatic heterocycles. The molecule has 2 aromatic carbocycles. The lowest BCUT2D eigenvalue weighted by Crippen LogP contribution is -2.30. The number of benzene rings is 2. The van der Waals surface area contributed by atoms with Gasteiger partial charge in [0.15, 0.2) is 5.11 Å². The van der Waals surface area contributed by atoms with Crippen LogP contribution in [-0.2, 0) is 0 Å². The lowest BCUT2D eigenvalue weighted by atomic mass is 10.0. The SMILES string of the molecule is Cc1ccc(N2C(=S)NC(c3ccccn3)C2c2cccn2-c2ccccc2F)cc1. The summed E-state index contributed by atoms with van der Waals surface area (Å²) in [5, 5.41) is 4.07. The van der Waals surface area contributed by atoms with Crippen molar-refractivity contribution < 1.29 is 4.39 Å². The molecule has 154 valence electrons. The zero-order chi connectivity index (χ0) is 21.4. The van der Waals surface area contributed by atoms with Crippen LogP contribution in [0.2, 0.25) is 0 Å². The number of nitrogens with one attached hydrogen (secondary N) is 1. The number of para-hydroxylation sites is 1. The lowest BCUT2D eigenvalue weighted by Gasteiger charge is -2.29. The molecular formula is C25H21FN4S. The van der Waals surface area contributed by atoms with E-state index in [1.807, 2.05) is 47.2 Å². The molecule has 1 N–H and O–H groups in total. The Kier molecular flexibility index (Phi) is 5.00. The maximum Gasteiger partial charge on any atom is 0.174 e. The monoisotopic (exact) mass is 428 g/mol. The predicted octanol–water partition coefficient (Wildman–Crippen LogP) is 5.50. The van der Waals surface area contributed by atoms with Crippen LogP contribution in [0.1, 0.15) is 29.0 Å². The maximum absolute atomic E-state index is 14.7. The van der Waals surface area contributed by atoms with Crippen LogP contribution in [0.5, 0.6) is 0 Å². The highest BCUT2D eigenvalue weighted by Crippen LogP contribution is 2.42. The van der Waals surface area contributed by atoms with Crippen molar-refractivity contribution in [2.24, 2.45) is 0 Å². The summed E-state index contributed by atoms with van der Waals surface area (Å²) in [7, 11) is 0. The number of halogens is 1. The first-order valence-electron chi connectivity index (χ1n) is 10.1. The van der Waals surface area contributed by atoms with Crippen LogP contribution in [0.15, 0.2) is 91.3 Å². The van der Waals surface area contributed by atoms with Crippen LogP contribution in [0.25, 0.3) is 5.69 Å². The molecule has 31 heavy (non-hydrogen) atoms. The van der Waals surface area contributed by atoms with Gasteiger partial charge in [-0.05, 0) is 67.7 Å². The Morgan fingerprint density at radius 1 is 0.935 bits per heavy atom. The molecule has 4 aromatic rings. The lowest BCUT2D eigenvalue weighted by molar-refractivity contribution is 0.544. The summed E-state index contributed by atoms with van der Waals surface area (Å²) in [6.45, 7) is 2.06. The van der Waals surface area contributed by atoms with Crippen LogP contribution in [0, 0.1) is 12.7 Å². The smallest absolute Gasteiger partial charge is 0.174 e. The summed E-state index contributed by atoms with van der Waals surface area (Å²) in [5.41, 5.74) is 4.46. The molecule has 0 aliphatic carbocycles. The molecule has 2 aromatic heterocycles. The maximum atomic E-state index is 14.7. The molecule has 0 amide bonds. The fraction of sp³-hybridized carbons (Fsp3) is 0.120. The minimum absolute atomic E-state index is 0.185. The Morgan fingerprint density at radius 2 is 1.71 bits per heavy atom.